The summed E-state index contributed by atoms with van der Waals surface area (Å²) in [5, 5.41) is 1.96. The molecule has 0 spiro atoms. The average molecular weight is 232 g/mol. The molecule has 3 heteroatoms. The molecule has 0 bridgehead atoms. The number of Topliss-reactive ketones (excluding diaryl/α,β-unsaturated/α-hetero) is 1. The van der Waals surface area contributed by atoms with E-state index in [2.05, 4.69) is 0 Å². The fourth-order valence-electron chi connectivity index (χ4n) is 1.65. The molecule has 0 saturated heterocycles. The summed E-state index contributed by atoms with van der Waals surface area (Å²) in [5.74, 6) is -0.302. The van der Waals surface area contributed by atoms with Gasteiger partial charge in [0.25, 0.3) is 6.08 Å². The quantitative estimate of drug-likeness (QED) is 0.725. The Bertz CT molecular complexity index is 584. The number of hydrogen-bond donors (Lipinski definition) is 0. The highest BCUT2D eigenvalue weighted by Crippen LogP contribution is 2.17. The number of fused-ring (bicyclic) bond motifs is 1. The van der Waals surface area contributed by atoms with Gasteiger partial charge in [0, 0.05) is 12.0 Å². The molecule has 2 aromatic rings. The first-order chi connectivity index (χ1) is 8.16. The minimum absolute atomic E-state index is 0.263. The van der Waals surface area contributed by atoms with Gasteiger partial charge in [-0.25, -0.2) is 0 Å². The zero-order chi connectivity index (χ0) is 12.3. The van der Waals surface area contributed by atoms with Crippen molar-refractivity contribution in [3.63, 3.8) is 0 Å². The van der Waals surface area contributed by atoms with Gasteiger partial charge in [-0.3, -0.25) is 4.79 Å². The standard InChI is InChI=1S/C14H10F2O/c15-14(16)8-7-13(17)12-6-5-10-3-1-2-4-11(10)9-12/h1-6,8-9H,7H2. The van der Waals surface area contributed by atoms with Crippen LogP contribution in [0.4, 0.5) is 8.78 Å². The van der Waals surface area contributed by atoms with Gasteiger partial charge in [-0.05, 0) is 22.9 Å². The minimum atomic E-state index is -1.82. The van der Waals surface area contributed by atoms with Crippen LogP contribution in [0.25, 0.3) is 10.8 Å². The molecule has 0 saturated carbocycles. The fourth-order valence-corrected chi connectivity index (χ4v) is 1.65. The van der Waals surface area contributed by atoms with E-state index in [1.807, 2.05) is 30.3 Å². The Morgan fingerprint density at radius 2 is 1.76 bits per heavy atom. The SMILES string of the molecule is O=C(CC=C(F)F)c1ccc2ccccc2c1. The molecule has 0 atom stereocenters. The third-order valence-corrected chi connectivity index (χ3v) is 2.51. The number of rotatable bonds is 3. The summed E-state index contributed by atoms with van der Waals surface area (Å²) in [4.78, 5) is 11.6. The topological polar surface area (TPSA) is 17.1 Å². The van der Waals surface area contributed by atoms with Crippen LogP contribution in [0, 0.1) is 0 Å². The van der Waals surface area contributed by atoms with Gasteiger partial charge < -0.3 is 0 Å². The van der Waals surface area contributed by atoms with E-state index in [0.717, 1.165) is 10.8 Å². The number of benzene rings is 2. The first-order valence-electron chi connectivity index (χ1n) is 5.20. The van der Waals surface area contributed by atoms with E-state index in [-0.39, 0.29) is 12.2 Å². The van der Waals surface area contributed by atoms with Crippen LogP contribution in [0.3, 0.4) is 0 Å². The van der Waals surface area contributed by atoms with Gasteiger partial charge in [0.2, 0.25) is 0 Å². The first kappa shape index (κ1) is 11.5. The maximum Gasteiger partial charge on any atom is 0.266 e. The number of allylic oxidation sites excluding steroid dienone is 1. The molecule has 0 radical (unpaired) electrons. The Hall–Kier alpha value is -2.03. The largest absolute Gasteiger partial charge is 0.294 e. The third kappa shape index (κ3) is 2.75. The molecule has 0 fully saturated rings. The van der Waals surface area contributed by atoms with Crippen LogP contribution in [0.15, 0.2) is 54.6 Å². The molecule has 0 amide bonds. The number of carbonyl (C=O) groups excluding carboxylic acids is 1. The molecule has 0 heterocycles. The van der Waals surface area contributed by atoms with Gasteiger partial charge in [0.05, 0.1) is 0 Å². The van der Waals surface area contributed by atoms with Gasteiger partial charge >= 0.3 is 0 Å². The smallest absolute Gasteiger partial charge is 0.266 e. The van der Waals surface area contributed by atoms with Crippen molar-refractivity contribution in [2.24, 2.45) is 0 Å². The Kier molecular flexibility index (Phi) is 3.28. The lowest BCUT2D eigenvalue weighted by atomic mass is 10.0. The summed E-state index contributed by atoms with van der Waals surface area (Å²) in [7, 11) is 0. The van der Waals surface area contributed by atoms with Crippen molar-refractivity contribution in [1.82, 2.24) is 0 Å². The van der Waals surface area contributed by atoms with E-state index in [9.17, 15) is 13.6 Å². The molecule has 1 nitrogen and oxygen atoms in total. The highest BCUT2D eigenvalue weighted by molar-refractivity contribution is 6.00. The Balaban J connectivity index is 2.30. The fraction of sp³-hybridized carbons (Fsp3) is 0.0714. The van der Waals surface area contributed by atoms with E-state index in [1.165, 1.54) is 0 Å². The van der Waals surface area contributed by atoms with E-state index in [1.54, 1.807) is 12.1 Å². The Morgan fingerprint density at radius 1 is 1.06 bits per heavy atom. The summed E-state index contributed by atoms with van der Waals surface area (Å²) in [5.41, 5.74) is 0.459. The lowest BCUT2D eigenvalue weighted by Crippen LogP contribution is -1.96. The summed E-state index contributed by atoms with van der Waals surface area (Å²) in [6.45, 7) is 0. The molecule has 17 heavy (non-hydrogen) atoms. The summed E-state index contributed by atoms with van der Waals surface area (Å²) >= 11 is 0. The summed E-state index contributed by atoms with van der Waals surface area (Å²) in [6.07, 6.45) is -1.45. The van der Waals surface area contributed by atoms with Crippen molar-refractivity contribution in [3.8, 4) is 0 Å². The second-order valence-electron chi connectivity index (χ2n) is 3.68. The van der Waals surface area contributed by atoms with Crippen molar-refractivity contribution in [2.45, 2.75) is 6.42 Å². The third-order valence-electron chi connectivity index (χ3n) is 2.51. The predicted octanol–water partition coefficient (Wildman–Crippen LogP) is 4.19. The minimum Gasteiger partial charge on any atom is -0.294 e. The Labute approximate surface area is 97.4 Å². The van der Waals surface area contributed by atoms with Crippen molar-refractivity contribution >= 4 is 16.6 Å². The van der Waals surface area contributed by atoms with Crippen LogP contribution in [-0.4, -0.2) is 5.78 Å². The van der Waals surface area contributed by atoms with Gasteiger partial charge in [-0.2, -0.15) is 8.78 Å². The predicted molar refractivity (Wildman–Crippen MR) is 63.2 cm³/mol. The normalized spacial score (nSPS) is 10.2. The molecule has 2 rings (SSSR count). The molecule has 0 aliphatic heterocycles. The van der Waals surface area contributed by atoms with E-state index >= 15 is 0 Å². The molecule has 0 N–H and O–H groups in total. The maximum absolute atomic E-state index is 11.9. The Morgan fingerprint density at radius 3 is 2.47 bits per heavy atom. The van der Waals surface area contributed by atoms with E-state index in [0.29, 0.717) is 11.6 Å². The van der Waals surface area contributed by atoms with Crippen LogP contribution in [0.1, 0.15) is 16.8 Å². The molecule has 0 aliphatic carbocycles. The van der Waals surface area contributed by atoms with Gasteiger partial charge in [0.1, 0.15) is 0 Å². The number of halogens is 2. The molecule has 0 unspecified atom stereocenters. The first-order valence-corrected chi connectivity index (χ1v) is 5.20. The molecule has 0 aliphatic rings. The van der Waals surface area contributed by atoms with Crippen LogP contribution in [0.5, 0.6) is 0 Å². The van der Waals surface area contributed by atoms with Crippen LogP contribution < -0.4 is 0 Å². The average Bonchev–Trinajstić information content (AvgIpc) is 2.35. The lowest BCUT2D eigenvalue weighted by Gasteiger charge is -2.01. The second kappa shape index (κ2) is 4.87. The van der Waals surface area contributed by atoms with Crippen LogP contribution >= 0.6 is 0 Å². The van der Waals surface area contributed by atoms with Gasteiger partial charge in [0.15, 0.2) is 5.78 Å². The molecule has 0 aromatic heterocycles. The van der Waals surface area contributed by atoms with Crippen molar-refractivity contribution in [1.29, 1.82) is 0 Å². The van der Waals surface area contributed by atoms with Crippen molar-refractivity contribution < 1.29 is 13.6 Å². The van der Waals surface area contributed by atoms with Crippen molar-refractivity contribution in [3.05, 3.63) is 60.2 Å². The highest BCUT2D eigenvalue weighted by Gasteiger charge is 2.05. The zero-order valence-corrected chi connectivity index (χ0v) is 8.99. The number of carbonyl (C=O) groups is 1. The summed E-state index contributed by atoms with van der Waals surface area (Å²) < 4.78 is 23.7. The molecule has 2 aromatic carbocycles. The molecular formula is C14H10F2O. The molecule has 86 valence electrons. The lowest BCUT2D eigenvalue weighted by molar-refractivity contribution is 0.0994. The van der Waals surface area contributed by atoms with Gasteiger partial charge in [-0.1, -0.05) is 36.4 Å². The van der Waals surface area contributed by atoms with Crippen LogP contribution in [0.2, 0.25) is 0 Å². The maximum atomic E-state index is 11.9. The monoisotopic (exact) mass is 232 g/mol. The summed E-state index contributed by atoms with van der Waals surface area (Å²) in [6, 6.07) is 12.8. The van der Waals surface area contributed by atoms with E-state index in [4.69, 9.17) is 0 Å². The van der Waals surface area contributed by atoms with Crippen LogP contribution in [-0.2, 0) is 0 Å². The molecular weight excluding hydrogens is 222 g/mol. The zero-order valence-electron chi connectivity index (χ0n) is 8.99. The van der Waals surface area contributed by atoms with E-state index < -0.39 is 6.08 Å². The van der Waals surface area contributed by atoms with Crippen molar-refractivity contribution in [2.75, 3.05) is 0 Å². The van der Waals surface area contributed by atoms with Gasteiger partial charge in [-0.15, -0.1) is 0 Å². The number of hydrogen-bond acceptors (Lipinski definition) is 1. The second-order valence-corrected chi connectivity index (χ2v) is 3.68. The number of ketones is 1. The highest BCUT2D eigenvalue weighted by atomic mass is 19.3.